The number of carbonyl (C=O) groups is 1. The SMILES string of the molecule is Cc1ccc(F)c(C(NC(=O)C2CCN(SCc3ccccc3)CC2)C2(C)CCCC2)c1Cl. The van der Waals surface area contributed by atoms with Crippen LogP contribution in [0.5, 0.6) is 0 Å². The van der Waals surface area contributed by atoms with E-state index >= 15 is 4.39 Å². The largest absolute Gasteiger partial charge is 0.348 e. The molecule has 1 atom stereocenters. The Morgan fingerprint density at radius 3 is 2.52 bits per heavy atom. The van der Waals surface area contributed by atoms with Gasteiger partial charge in [0.15, 0.2) is 0 Å². The fourth-order valence-electron chi connectivity index (χ4n) is 5.26. The van der Waals surface area contributed by atoms with Crippen molar-refractivity contribution < 1.29 is 9.18 Å². The second-order valence-corrected chi connectivity index (χ2v) is 11.3. The fourth-order valence-corrected chi connectivity index (χ4v) is 6.51. The molecule has 0 radical (unpaired) electrons. The maximum atomic E-state index is 15.0. The van der Waals surface area contributed by atoms with Crippen molar-refractivity contribution in [3.8, 4) is 0 Å². The van der Waals surface area contributed by atoms with Gasteiger partial charge in [0, 0.05) is 30.3 Å². The zero-order valence-electron chi connectivity index (χ0n) is 19.6. The topological polar surface area (TPSA) is 32.3 Å². The van der Waals surface area contributed by atoms with Crippen molar-refractivity contribution in [1.82, 2.24) is 9.62 Å². The molecular formula is C27H34ClFN2OS. The van der Waals surface area contributed by atoms with Crippen LogP contribution in [0.15, 0.2) is 42.5 Å². The van der Waals surface area contributed by atoms with Gasteiger partial charge in [0.25, 0.3) is 0 Å². The highest BCUT2D eigenvalue weighted by atomic mass is 35.5. The third kappa shape index (κ3) is 5.75. The van der Waals surface area contributed by atoms with Gasteiger partial charge in [-0.05, 0) is 55.2 Å². The molecule has 2 aliphatic rings. The molecule has 1 heterocycles. The predicted molar refractivity (Wildman–Crippen MR) is 136 cm³/mol. The average molecular weight is 489 g/mol. The summed E-state index contributed by atoms with van der Waals surface area (Å²) in [6.45, 7) is 5.84. The zero-order valence-corrected chi connectivity index (χ0v) is 21.2. The highest BCUT2D eigenvalue weighted by Crippen LogP contribution is 2.49. The van der Waals surface area contributed by atoms with E-state index in [1.165, 1.54) is 11.6 Å². The molecule has 178 valence electrons. The van der Waals surface area contributed by atoms with Crippen molar-refractivity contribution in [3.05, 3.63) is 70.0 Å². The number of rotatable bonds is 7. The summed E-state index contributed by atoms with van der Waals surface area (Å²) in [5.74, 6) is 0.621. The summed E-state index contributed by atoms with van der Waals surface area (Å²) >= 11 is 8.44. The standard InChI is InChI=1S/C27H34ClFN2OS/c1-19-10-11-22(29)23(24(19)28)25(27(2)14-6-7-15-27)30-26(32)21-12-16-31(17-13-21)33-18-20-8-4-3-5-9-20/h3-5,8-11,21,25H,6-7,12-18H2,1-2H3,(H,30,32). The van der Waals surface area contributed by atoms with Crippen molar-refractivity contribution in [3.63, 3.8) is 0 Å². The molecule has 4 rings (SSSR count). The van der Waals surface area contributed by atoms with Crippen LogP contribution in [0, 0.1) is 24.1 Å². The maximum absolute atomic E-state index is 15.0. The summed E-state index contributed by atoms with van der Waals surface area (Å²) in [6.07, 6.45) is 5.78. The first-order chi connectivity index (χ1) is 15.9. The highest BCUT2D eigenvalue weighted by Gasteiger charge is 2.42. The monoisotopic (exact) mass is 488 g/mol. The summed E-state index contributed by atoms with van der Waals surface area (Å²) in [4.78, 5) is 13.4. The van der Waals surface area contributed by atoms with E-state index in [1.807, 2.05) is 24.9 Å². The van der Waals surface area contributed by atoms with E-state index in [1.54, 1.807) is 6.07 Å². The molecule has 1 unspecified atom stereocenters. The van der Waals surface area contributed by atoms with Crippen LogP contribution in [0.1, 0.15) is 68.2 Å². The second-order valence-electron chi connectivity index (χ2n) is 9.86. The molecule has 0 aromatic heterocycles. The molecule has 0 bridgehead atoms. The molecule has 6 heteroatoms. The van der Waals surface area contributed by atoms with Crippen LogP contribution in [-0.4, -0.2) is 23.3 Å². The Morgan fingerprint density at radius 2 is 1.85 bits per heavy atom. The third-order valence-electron chi connectivity index (χ3n) is 7.42. The molecular weight excluding hydrogens is 455 g/mol. The van der Waals surface area contributed by atoms with Gasteiger partial charge in [-0.3, -0.25) is 9.10 Å². The fraction of sp³-hybridized carbons (Fsp3) is 0.519. The second kappa shape index (κ2) is 10.8. The normalized spacial score (nSPS) is 20.0. The van der Waals surface area contributed by atoms with Crippen LogP contribution in [0.25, 0.3) is 0 Å². The van der Waals surface area contributed by atoms with Gasteiger partial charge >= 0.3 is 0 Å². The first-order valence-electron chi connectivity index (χ1n) is 12.0. The molecule has 1 amide bonds. The van der Waals surface area contributed by atoms with Gasteiger partial charge in [0.1, 0.15) is 5.82 Å². The van der Waals surface area contributed by atoms with Crippen molar-refractivity contribution >= 4 is 29.5 Å². The molecule has 2 aromatic carbocycles. The van der Waals surface area contributed by atoms with Crippen LogP contribution in [0.3, 0.4) is 0 Å². The van der Waals surface area contributed by atoms with Crippen molar-refractivity contribution in [2.45, 2.75) is 64.2 Å². The van der Waals surface area contributed by atoms with E-state index in [-0.39, 0.29) is 23.1 Å². The van der Waals surface area contributed by atoms with Gasteiger partial charge in [0.2, 0.25) is 5.91 Å². The number of hydrogen-bond donors (Lipinski definition) is 1. The van der Waals surface area contributed by atoms with Gasteiger partial charge in [-0.25, -0.2) is 4.39 Å². The van der Waals surface area contributed by atoms with Crippen LogP contribution in [0.4, 0.5) is 4.39 Å². The number of carbonyl (C=O) groups excluding carboxylic acids is 1. The number of nitrogens with zero attached hydrogens (tertiary/aromatic N) is 1. The van der Waals surface area contributed by atoms with Crippen LogP contribution in [-0.2, 0) is 10.5 Å². The first-order valence-corrected chi connectivity index (χ1v) is 13.4. The Morgan fingerprint density at radius 1 is 1.18 bits per heavy atom. The lowest BCUT2D eigenvalue weighted by atomic mass is 9.76. The summed E-state index contributed by atoms with van der Waals surface area (Å²) < 4.78 is 17.4. The van der Waals surface area contributed by atoms with Gasteiger partial charge in [0.05, 0.1) is 11.1 Å². The summed E-state index contributed by atoms with van der Waals surface area (Å²) in [6, 6.07) is 13.3. The van der Waals surface area contributed by atoms with E-state index in [2.05, 4.69) is 40.8 Å². The molecule has 33 heavy (non-hydrogen) atoms. The molecule has 1 saturated carbocycles. The number of amides is 1. The molecule has 2 fully saturated rings. The van der Waals surface area contributed by atoms with Gasteiger partial charge < -0.3 is 5.32 Å². The lowest BCUT2D eigenvalue weighted by Gasteiger charge is -2.38. The molecule has 2 aromatic rings. The van der Waals surface area contributed by atoms with Gasteiger partial charge in [-0.1, -0.05) is 79.7 Å². The zero-order chi connectivity index (χ0) is 23.4. The van der Waals surface area contributed by atoms with Crippen LogP contribution in [0.2, 0.25) is 5.02 Å². The summed E-state index contributed by atoms with van der Waals surface area (Å²) in [5, 5.41) is 3.72. The minimum absolute atomic E-state index is 0.0396. The van der Waals surface area contributed by atoms with Crippen LogP contribution < -0.4 is 5.32 Å². The van der Waals surface area contributed by atoms with Crippen molar-refractivity contribution in [1.29, 1.82) is 0 Å². The Balaban J connectivity index is 1.41. The minimum atomic E-state index is -0.398. The number of nitrogens with one attached hydrogen (secondary N) is 1. The lowest BCUT2D eigenvalue weighted by molar-refractivity contribution is -0.127. The number of halogens is 2. The number of aryl methyl sites for hydroxylation is 1. The Labute approximate surface area is 206 Å². The molecule has 1 N–H and O–H groups in total. The van der Waals surface area contributed by atoms with E-state index in [0.29, 0.717) is 10.6 Å². The smallest absolute Gasteiger partial charge is 0.223 e. The number of piperidine rings is 1. The minimum Gasteiger partial charge on any atom is -0.348 e. The summed E-state index contributed by atoms with van der Waals surface area (Å²) in [5.41, 5.74) is 2.44. The molecule has 0 spiro atoms. The molecule has 1 saturated heterocycles. The van der Waals surface area contributed by atoms with E-state index in [4.69, 9.17) is 11.6 Å². The lowest BCUT2D eigenvalue weighted by Crippen LogP contribution is -2.44. The Kier molecular flexibility index (Phi) is 8.03. The number of hydrogen-bond acceptors (Lipinski definition) is 3. The average Bonchev–Trinajstić information content (AvgIpc) is 3.28. The number of benzene rings is 2. The molecule has 1 aliphatic carbocycles. The predicted octanol–water partition coefficient (Wildman–Crippen LogP) is 7.09. The first kappa shape index (κ1) is 24.6. The van der Waals surface area contributed by atoms with Gasteiger partial charge in [-0.2, -0.15) is 0 Å². The maximum Gasteiger partial charge on any atom is 0.223 e. The quantitative estimate of drug-likeness (QED) is 0.422. The van der Waals surface area contributed by atoms with Gasteiger partial charge in [-0.15, -0.1) is 0 Å². The van der Waals surface area contributed by atoms with E-state index in [0.717, 1.165) is 62.9 Å². The molecule has 3 nitrogen and oxygen atoms in total. The third-order valence-corrected chi connectivity index (χ3v) is 9.11. The van der Waals surface area contributed by atoms with E-state index < -0.39 is 6.04 Å². The Hall–Kier alpha value is -1.56. The van der Waals surface area contributed by atoms with Crippen molar-refractivity contribution in [2.24, 2.45) is 11.3 Å². The van der Waals surface area contributed by atoms with E-state index in [9.17, 15) is 4.79 Å². The highest BCUT2D eigenvalue weighted by molar-refractivity contribution is 7.96. The molecule has 1 aliphatic heterocycles. The Bertz CT molecular complexity index is 956. The van der Waals surface area contributed by atoms with Crippen LogP contribution >= 0.6 is 23.5 Å². The summed E-state index contributed by atoms with van der Waals surface area (Å²) in [7, 11) is 0. The van der Waals surface area contributed by atoms with Crippen molar-refractivity contribution in [2.75, 3.05) is 13.1 Å².